The normalized spacial score (nSPS) is 16.5. The Morgan fingerprint density at radius 3 is 1.81 bits per heavy atom. The molecule has 0 saturated heterocycles. The van der Waals surface area contributed by atoms with Gasteiger partial charge < -0.3 is 9.84 Å². The van der Waals surface area contributed by atoms with Gasteiger partial charge in [0.2, 0.25) is 0 Å². The molecule has 1 rings (SSSR count). The van der Waals surface area contributed by atoms with Gasteiger partial charge in [-0.05, 0) is 6.07 Å². The van der Waals surface area contributed by atoms with E-state index in [9.17, 15) is 27.1 Å². The molecule has 1 N–H and O–H groups in total. The number of hydrogen-bond donors (Lipinski definition) is 1. The summed E-state index contributed by atoms with van der Waals surface area (Å²) in [7, 11) is 1.13. The van der Waals surface area contributed by atoms with Crippen molar-refractivity contribution in [3.8, 4) is 5.75 Å². The van der Waals surface area contributed by atoms with E-state index in [1.165, 1.54) is 18.2 Å². The molecule has 0 fully saturated rings. The summed E-state index contributed by atoms with van der Waals surface area (Å²) in [6.07, 6.45) is -5.91. The molecule has 2 nitrogen and oxygen atoms in total. The molecule has 120 valence electrons. The Balaban J connectivity index is 3.72. The van der Waals surface area contributed by atoms with Crippen LogP contribution in [0.1, 0.15) is 26.3 Å². The maximum absolute atomic E-state index is 14.0. The van der Waals surface area contributed by atoms with Gasteiger partial charge >= 0.3 is 12.1 Å². The molecule has 0 aliphatic carbocycles. The van der Waals surface area contributed by atoms with Crippen LogP contribution in [0.15, 0.2) is 24.3 Å². The first-order valence-corrected chi connectivity index (χ1v) is 6.11. The first-order chi connectivity index (χ1) is 9.30. The topological polar surface area (TPSA) is 29.5 Å². The number of hydrogen-bond acceptors (Lipinski definition) is 2. The third-order valence-electron chi connectivity index (χ3n) is 3.39. The maximum Gasteiger partial charge on any atom is 0.456 e. The molecular weight excluding hydrogens is 295 g/mol. The maximum atomic E-state index is 14.0. The second kappa shape index (κ2) is 5.12. The second-order valence-corrected chi connectivity index (χ2v) is 5.73. The summed E-state index contributed by atoms with van der Waals surface area (Å²) in [5, 5.41) is 10.4. The number of benzene rings is 1. The lowest BCUT2D eigenvalue weighted by molar-refractivity contribution is -0.366. The molecule has 0 saturated carbocycles. The highest BCUT2D eigenvalue weighted by atomic mass is 19.4. The fourth-order valence-corrected chi connectivity index (χ4v) is 2.19. The van der Waals surface area contributed by atoms with E-state index in [1.807, 2.05) is 0 Å². The molecule has 0 spiro atoms. The van der Waals surface area contributed by atoms with Gasteiger partial charge in [0.25, 0.3) is 0 Å². The average Bonchev–Trinajstić information content (AvgIpc) is 2.34. The van der Waals surface area contributed by atoms with Gasteiger partial charge in [-0.3, -0.25) is 0 Å². The van der Waals surface area contributed by atoms with Crippen LogP contribution in [0.4, 0.5) is 22.0 Å². The lowest BCUT2D eigenvalue weighted by Crippen LogP contribution is -2.61. The van der Waals surface area contributed by atoms with Crippen LogP contribution in [-0.4, -0.2) is 24.3 Å². The molecule has 1 aromatic rings. The van der Waals surface area contributed by atoms with Crippen LogP contribution in [0.5, 0.6) is 5.75 Å². The average molecular weight is 312 g/mol. The minimum Gasteiger partial charge on any atom is -0.496 e. The quantitative estimate of drug-likeness (QED) is 0.851. The molecule has 0 aliphatic rings. The fourth-order valence-electron chi connectivity index (χ4n) is 2.19. The van der Waals surface area contributed by atoms with E-state index in [4.69, 9.17) is 4.74 Å². The van der Waals surface area contributed by atoms with Crippen molar-refractivity contribution in [2.24, 2.45) is 5.41 Å². The SMILES string of the molecule is COc1ccccc1C(O)(C(C)(C)C)C(F)(F)C(F)(F)F. The van der Waals surface area contributed by atoms with Crippen molar-refractivity contribution in [3.05, 3.63) is 29.8 Å². The number of ether oxygens (including phenoxy) is 1. The number of aliphatic hydroxyl groups is 1. The Hall–Kier alpha value is -1.37. The summed E-state index contributed by atoms with van der Waals surface area (Å²) in [6.45, 7) is 3.33. The van der Waals surface area contributed by atoms with Crippen LogP contribution in [0, 0.1) is 5.41 Å². The molecule has 21 heavy (non-hydrogen) atoms. The van der Waals surface area contributed by atoms with E-state index in [0.717, 1.165) is 33.9 Å². The van der Waals surface area contributed by atoms with Gasteiger partial charge in [-0.25, -0.2) is 0 Å². The van der Waals surface area contributed by atoms with Gasteiger partial charge in [-0.1, -0.05) is 39.0 Å². The summed E-state index contributed by atoms with van der Waals surface area (Å²) in [5.41, 5.74) is -5.90. The zero-order chi connectivity index (χ0) is 16.7. The third-order valence-corrected chi connectivity index (χ3v) is 3.39. The first kappa shape index (κ1) is 17.7. The van der Waals surface area contributed by atoms with Gasteiger partial charge in [-0.15, -0.1) is 0 Å². The Morgan fingerprint density at radius 1 is 0.952 bits per heavy atom. The zero-order valence-corrected chi connectivity index (χ0v) is 12.1. The Labute approximate surface area is 119 Å². The molecule has 1 atom stereocenters. The van der Waals surface area contributed by atoms with Crippen molar-refractivity contribution in [2.75, 3.05) is 7.11 Å². The summed E-state index contributed by atoms with van der Waals surface area (Å²) >= 11 is 0. The van der Waals surface area contributed by atoms with Gasteiger partial charge in [0.15, 0.2) is 5.60 Å². The highest BCUT2D eigenvalue weighted by Gasteiger charge is 2.74. The summed E-state index contributed by atoms with van der Waals surface area (Å²) < 4.78 is 71.4. The van der Waals surface area contributed by atoms with Crippen molar-refractivity contribution in [1.82, 2.24) is 0 Å². The van der Waals surface area contributed by atoms with Crippen molar-refractivity contribution in [2.45, 2.75) is 38.5 Å². The molecule has 0 bridgehead atoms. The van der Waals surface area contributed by atoms with E-state index < -0.39 is 28.7 Å². The Morgan fingerprint density at radius 2 is 1.43 bits per heavy atom. The highest BCUT2D eigenvalue weighted by molar-refractivity contribution is 5.41. The van der Waals surface area contributed by atoms with Gasteiger partial charge in [0, 0.05) is 11.0 Å². The Kier molecular flexibility index (Phi) is 4.31. The number of methoxy groups -OCH3 is 1. The van der Waals surface area contributed by atoms with Crippen LogP contribution >= 0.6 is 0 Å². The largest absolute Gasteiger partial charge is 0.496 e. The Bertz CT molecular complexity index is 505. The second-order valence-electron chi connectivity index (χ2n) is 5.73. The van der Waals surface area contributed by atoms with Crippen molar-refractivity contribution in [1.29, 1.82) is 0 Å². The summed E-state index contributed by atoms with van der Waals surface area (Å²) in [4.78, 5) is 0. The molecule has 0 amide bonds. The van der Waals surface area contributed by atoms with Crippen LogP contribution in [0.25, 0.3) is 0 Å². The lowest BCUT2D eigenvalue weighted by atomic mass is 9.68. The van der Waals surface area contributed by atoms with Crippen LogP contribution in [-0.2, 0) is 5.60 Å². The predicted octanol–water partition coefficient (Wildman–Crippen LogP) is 4.13. The van der Waals surface area contributed by atoms with Gasteiger partial charge in [0.1, 0.15) is 5.75 Å². The zero-order valence-electron chi connectivity index (χ0n) is 12.1. The number of para-hydroxylation sites is 1. The smallest absolute Gasteiger partial charge is 0.456 e. The number of rotatable bonds is 3. The lowest BCUT2D eigenvalue weighted by Gasteiger charge is -2.46. The summed E-state index contributed by atoms with van der Waals surface area (Å²) in [6, 6.07) is 4.90. The van der Waals surface area contributed by atoms with Crippen LogP contribution in [0.2, 0.25) is 0 Å². The van der Waals surface area contributed by atoms with E-state index in [0.29, 0.717) is 0 Å². The molecule has 7 heteroatoms. The van der Waals surface area contributed by atoms with Crippen molar-refractivity contribution >= 4 is 0 Å². The van der Waals surface area contributed by atoms with E-state index in [1.54, 1.807) is 0 Å². The molecular formula is C14H17F5O2. The van der Waals surface area contributed by atoms with Crippen LogP contribution < -0.4 is 4.74 Å². The van der Waals surface area contributed by atoms with E-state index in [-0.39, 0.29) is 5.75 Å². The monoisotopic (exact) mass is 312 g/mol. The van der Waals surface area contributed by atoms with Crippen LogP contribution in [0.3, 0.4) is 0 Å². The number of alkyl halides is 5. The standard InChI is InChI=1S/C14H17F5O2/c1-11(2,3)12(20,13(15,16)14(17,18)19)9-7-5-6-8-10(9)21-4/h5-8,20H,1-4H3. The van der Waals surface area contributed by atoms with Crippen molar-refractivity contribution < 1.29 is 31.8 Å². The highest BCUT2D eigenvalue weighted by Crippen LogP contribution is 2.57. The molecule has 0 heterocycles. The van der Waals surface area contributed by atoms with E-state index in [2.05, 4.69) is 0 Å². The molecule has 0 aliphatic heterocycles. The fraction of sp³-hybridized carbons (Fsp3) is 0.571. The molecule has 1 unspecified atom stereocenters. The van der Waals surface area contributed by atoms with Gasteiger partial charge in [0.05, 0.1) is 7.11 Å². The minimum absolute atomic E-state index is 0.237. The first-order valence-electron chi connectivity index (χ1n) is 6.11. The van der Waals surface area contributed by atoms with Crippen molar-refractivity contribution in [3.63, 3.8) is 0 Å². The number of halogens is 5. The van der Waals surface area contributed by atoms with E-state index >= 15 is 0 Å². The minimum atomic E-state index is -5.91. The third kappa shape index (κ3) is 2.59. The summed E-state index contributed by atoms with van der Waals surface area (Å²) in [5.74, 6) is -5.59. The predicted molar refractivity (Wildman–Crippen MR) is 67.3 cm³/mol. The molecule has 0 aromatic heterocycles. The molecule has 0 radical (unpaired) electrons. The molecule has 1 aromatic carbocycles. The van der Waals surface area contributed by atoms with Gasteiger partial charge in [-0.2, -0.15) is 22.0 Å².